The monoisotopic (exact) mass is 427 g/mol. The van der Waals surface area contributed by atoms with E-state index in [0.29, 0.717) is 11.3 Å². The van der Waals surface area contributed by atoms with Crippen molar-refractivity contribution in [2.24, 2.45) is 0 Å². The molecule has 0 unspecified atom stereocenters. The summed E-state index contributed by atoms with van der Waals surface area (Å²) in [4.78, 5) is 19.4. The highest BCUT2D eigenvalue weighted by molar-refractivity contribution is 5.93. The third-order valence-corrected chi connectivity index (χ3v) is 6.47. The summed E-state index contributed by atoms with van der Waals surface area (Å²) in [6.45, 7) is 3.44. The number of nitriles is 1. The number of benzene rings is 1. The second-order valence-corrected chi connectivity index (χ2v) is 8.49. The number of amides is 1. The van der Waals surface area contributed by atoms with Gasteiger partial charge in [-0.3, -0.25) is 4.79 Å². The van der Waals surface area contributed by atoms with Gasteiger partial charge in [-0.25, -0.2) is 9.67 Å². The Morgan fingerprint density at radius 1 is 1.22 bits per heavy atom. The lowest BCUT2D eigenvalue weighted by molar-refractivity contribution is 0.0932. The number of carbonyl (C=O) groups excluding carboxylic acids is 1. The van der Waals surface area contributed by atoms with E-state index in [1.54, 1.807) is 16.9 Å². The lowest BCUT2D eigenvalue weighted by Gasteiger charge is -2.31. The lowest BCUT2D eigenvalue weighted by atomic mass is 9.97. The van der Waals surface area contributed by atoms with Crippen LogP contribution in [0.25, 0.3) is 5.69 Å². The van der Waals surface area contributed by atoms with Crippen LogP contribution in [0.15, 0.2) is 36.5 Å². The van der Waals surface area contributed by atoms with Crippen LogP contribution in [0.3, 0.4) is 0 Å². The number of aromatic nitrogens is 4. The Balaban J connectivity index is 1.39. The number of nitrogens with one attached hydrogen (secondary N) is 1. The Kier molecular flexibility index (Phi) is 5.31. The number of carbonyl (C=O) groups is 1. The van der Waals surface area contributed by atoms with E-state index in [1.807, 2.05) is 25.1 Å². The second kappa shape index (κ2) is 8.42. The molecule has 0 bridgehead atoms. The SMILES string of the molecule is Cc1c(C(=O)NC2CCCC2)nnn1-c1cccc2c1CCN(c1ccc(C#N)cn1)C2. The minimum atomic E-state index is -0.136. The highest BCUT2D eigenvalue weighted by atomic mass is 16.2. The van der Waals surface area contributed by atoms with Crippen LogP contribution in [-0.4, -0.2) is 38.5 Å². The van der Waals surface area contributed by atoms with Gasteiger partial charge in [-0.15, -0.1) is 5.10 Å². The fourth-order valence-electron chi connectivity index (χ4n) is 4.71. The van der Waals surface area contributed by atoms with Crippen LogP contribution in [0, 0.1) is 18.3 Å². The molecule has 1 saturated carbocycles. The minimum absolute atomic E-state index is 0.136. The highest BCUT2D eigenvalue weighted by Crippen LogP contribution is 2.28. The van der Waals surface area contributed by atoms with E-state index in [1.165, 1.54) is 24.0 Å². The van der Waals surface area contributed by atoms with E-state index >= 15 is 0 Å². The van der Waals surface area contributed by atoms with Crippen LogP contribution >= 0.6 is 0 Å². The van der Waals surface area contributed by atoms with Crippen molar-refractivity contribution in [2.45, 2.75) is 51.6 Å². The van der Waals surface area contributed by atoms with Crippen molar-refractivity contribution in [1.29, 1.82) is 5.26 Å². The molecular formula is C24H25N7O. The van der Waals surface area contributed by atoms with Crippen LogP contribution in [0.4, 0.5) is 5.82 Å². The molecule has 0 saturated heterocycles. The van der Waals surface area contributed by atoms with Crippen LogP contribution in [-0.2, 0) is 13.0 Å². The quantitative estimate of drug-likeness (QED) is 0.687. The standard InChI is InChI=1S/C24H25N7O/c1-16-23(24(32)27-19-6-2-3-7-19)28-29-31(16)21-8-4-5-18-15-30(12-11-20(18)21)22-10-9-17(13-25)14-26-22/h4-5,8-10,14,19H,2-3,6-7,11-12,15H2,1H3,(H,27,32). The van der Waals surface area contributed by atoms with Crippen molar-refractivity contribution in [1.82, 2.24) is 25.3 Å². The minimum Gasteiger partial charge on any atom is -0.352 e. The maximum atomic E-state index is 12.7. The number of anilines is 1. The molecule has 0 spiro atoms. The molecule has 3 heterocycles. The number of rotatable bonds is 4. The highest BCUT2D eigenvalue weighted by Gasteiger charge is 2.25. The van der Waals surface area contributed by atoms with Gasteiger partial charge in [0.2, 0.25) is 0 Å². The molecule has 1 fully saturated rings. The summed E-state index contributed by atoms with van der Waals surface area (Å²) in [6, 6.07) is 12.2. The summed E-state index contributed by atoms with van der Waals surface area (Å²) in [5, 5.41) is 20.7. The molecule has 2 aliphatic rings. The van der Waals surface area contributed by atoms with E-state index in [4.69, 9.17) is 5.26 Å². The summed E-state index contributed by atoms with van der Waals surface area (Å²) in [6.07, 6.45) is 6.85. The van der Waals surface area contributed by atoms with Gasteiger partial charge in [0.05, 0.1) is 16.9 Å². The average Bonchev–Trinajstić information content (AvgIpc) is 3.48. The number of fused-ring (bicyclic) bond motifs is 1. The first-order valence-electron chi connectivity index (χ1n) is 11.1. The number of pyridine rings is 1. The number of nitrogens with zero attached hydrogens (tertiary/aromatic N) is 6. The van der Waals surface area contributed by atoms with Gasteiger partial charge in [-0.05, 0) is 55.5 Å². The topological polar surface area (TPSA) is 99.7 Å². The number of hydrogen-bond donors (Lipinski definition) is 1. The fraction of sp³-hybridized carbons (Fsp3) is 0.375. The van der Waals surface area contributed by atoms with Crippen molar-refractivity contribution in [3.8, 4) is 11.8 Å². The van der Waals surface area contributed by atoms with E-state index in [0.717, 1.165) is 49.6 Å². The average molecular weight is 428 g/mol. The predicted molar refractivity (Wildman–Crippen MR) is 120 cm³/mol. The molecule has 1 aliphatic heterocycles. The summed E-state index contributed by atoms with van der Waals surface area (Å²) in [7, 11) is 0. The molecule has 0 atom stereocenters. The summed E-state index contributed by atoms with van der Waals surface area (Å²) < 4.78 is 1.79. The van der Waals surface area contributed by atoms with Gasteiger partial charge < -0.3 is 10.2 Å². The third-order valence-electron chi connectivity index (χ3n) is 6.47. The van der Waals surface area contributed by atoms with E-state index in [2.05, 4.69) is 37.6 Å². The maximum Gasteiger partial charge on any atom is 0.273 e. The normalized spacial score (nSPS) is 15.9. The smallest absolute Gasteiger partial charge is 0.273 e. The molecule has 8 heteroatoms. The second-order valence-electron chi connectivity index (χ2n) is 8.49. The van der Waals surface area contributed by atoms with Crippen LogP contribution < -0.4 is 10.2 Å². The molecule has 162 valence electrons. The zero-order chi connectivity index (χ0) is 22.1. The zero-order valence-electron chi connectivity index (χ0n) is 18.1. The first kappa shape index (κ1) is 20.2. The van der Waals surface area contributed by atoms with Crippen molar-refractivity contribution in [2.75, 3.05) is 11.4 Å². The molecule has 1 aliphatic carbocycles. The van der Waals surface area contributed by atoms with E-state index < -0.39 is 0 Å². The summed E-state index contributed by atoms with van der Waals surface area (Å²) in [5.41, 5.74) is 5.10. The van der Waals surface area contributed by atoms with Gasteiger partial charge in [-0.1, -0.05) is 30.2 Å². The molecule has 0 radical (unpaired) electrons. The van der Waals surface area contributed by atoms with Crippen molar-refractivity contribution < 1.29 is 4.79 Å². The first-order chi connectivity index (χ1) is 15.6. The van der Waals surface area contributed by atoms with Crippen LogP contribution in [0.2, 0.25) is 0 Å². The summed E-state index contributed by atoms with van der Waals surface area (Å²) >= 11 is 0. The third kappa shape index (κ3) is 3.71. The molecule has 2 aromatic heterocycles. The van der Waals surface area contributed by atoms with Crippen molar-refractivity contribution >= 4 is 11.7 Å². The molecule has 3 aromatic rings. The molecular weight excluding hydrogens is 402 g/mol. The van der Waals surface area contributed by atoms with Gasteiger partial charge in [0, 0.05) is 25.3 Å². The molecule has 1 N–H and O–H groups in total. The largest absolute Gasteiger partial charge is 0.352 e. The van der Waals surface area contributed by atoms with Crippen molar-refractivity contribution in [3.05, 3.63) is 64.6 Å². The van der Waals surface area contributed by atoms with Gasteiger partial charge in [0.15, 0.2) is 5.69 Å². The van der Waals surface area contributed by atoms with E-state index in [-0.39, 0.29) is 11.9 Å². The molecule has 8 nitrogen and oxygen atoms in total. The Hall–Kier alpha value is -3.73. The number of hydrogen-bond acceptors (Lipinski definition) is 6. The van der Waals surface area contributed by atoms with Gasteiger partial charge in [-0.2, -0.15) is 5.26 Å². The lowest BCUT2D eigenvalue weighted by Crippen LogP contribution is -2.33. The molecule has 1 amide bonds. The zero-order valence-corrected chi connectivity index (χ0v) is 18.1. The predicted octanol–water partition coefficient (Wildman–Crippen LogP) is 3.08. The van der Waals surface area contributed by atoms with Crippen LogP contribution in [0.1, 0.15) is 58.6 Å². The Labute approximate surface area is 186 Å². The summed E-state index contributed by atoms with van der Waals surface area (Å²) in [5.74, 6) is 0.728. The van der Waals surface area contributed by atoms with Crippen molar-refractivity contribution in [3.63, 3.8) is 0 Å². The molecule has 32 heavy (non-hydrogen) atoms. The van der Waals surface area contributed by atoms with Gasteiger partial charge >= 0.3 is 0 Å². The molecule has 1 aromatic carbocycles. The fourth-order valence-corrected chi connectivity index (χ4v) is 4.71. The molecule has 5 rings (SSSR count). The Morgan fingerprint density at radius 3 is 2.81 bits per heavy atom. The van der Waals surface area contributed by atoms with Gasteiger partial charge in [0.25, 0.3) is 5.91 Å². The Morgan fingerprint density at radius 2 is 2.06 bits per heavy atom. The van der Waals surface area contributed by atoms with E-state index in [9.17, 15) is 4.79 Å². The van der Waals surface area contributed by atoms with Gasteiger partial charge in [0.1, 0.15) is 11.9 Å². The van der Waals surface area contributed by atoms with Crippen LogP contribution in [0.5, 0.6) is 0 Å². The first-order valence-corrected chi connectivity index (χ1v) is 11.1. The Bertz CT molecular complexity index is 1190. The maximum absolute atomic E-state index is 12.7.